The summed E-state index contributed by atoms with van der Waals surface area (Å²) in [5.41, 5.74) is 4.33. The lowest BCUT2D eigenvalue weighted by Gasteiger charge is -2.13. The molecule has 0 spiro atoms. The number of hydrogen-bond donors (Lipinski definition) is 0. The maximum atomic E-state index is 8.99. The van der Waals surface area contributed by atoms with E-state index in [0.717, 1.165) is 10.0 Å². The topological polar surface area (TPSA) is 23.8 Å². The Labute approximate surface area is 116 Å². The molecule has 1 nitrogen and oxygen atoms in total. The fourth-order valence-corrected chi connectivity index (χ4v) is 2.27. The van der Waals surface area contributed by atoms with Crippen molar-refractivity contribution >= 4 is 15.9 Å². The molecule has 0 aromatic heterocycles. The van der Waals surface area contributed by atoms with Gasteiger partial charge < -0.3 is 0 Å². The van der Waals surface area contributed by atoms with E-state index in [9.17, 15) is 0 Å². The second kappa shape index (κ2) is 5.37. The molecule has 0 unspecified atom stereocenters. The van der Waals surface area contributed by atoms with Crippen LogP contribution < -0.4 is 0 Å². The van der Waals surface area contributed by atoms with Gasteiger partial charge in [0, 0.05) is 4.47 Å². The third kappa shape index (κ3) is 2.63. The molecule has 0 heterocycles. The first-order valence-corrected chi connectivity index (χ1v) is 6.71. The Kier molecular flexibility index (Phi) is 3.84. The summed E-state index contributed by atoms with van der Waals surface area (Å²) in [5.74, 6) is 0.400. The van der Waals surface area contributed by atoms with Gasteiger partial charge in [0.1, 0.15) is 0 Å². The lowest BCUT2D eigenvalue weighted by molar-refractivity contribution is 0.868. The summed E-state index contributed by atoms with van der Waals surface area (Å²) in [6.45, 7) is 4.30. The highest BCUT2D eigenvalue weighted by Crippen LogP contribution is 2.30. The van der Waals surface area contributed by atoms with Crippen molar-refractivity contribution in [2.75, 3.05) is 0 Å². The van der Waals surface area contributed by atoms with Crippen LogP contribution in [0.15, 0.2) is 46.9 Å². The van der Waals surface area contributed by atoms with E-state index in [0.29, 0.717) is 5.92 Å². The van der Waals surface area contributed by atoms with Crippen molar-refractivity contribution in [3.8, 4) is 17.2 Å². The predicted octanol–water partition coefficient (Wildman–Crippen LogP) is 5.11. The predicted molar refractivity (Wildman–Crippen MR) is 78.4 cm³/mol. The van der Waals surface area contributed by atoms with Crippen LogP contribution in [-0.4, -0.2) is 0 Å². The standard InChI is InChI=1S/C16H14BrN/c1-11(2)16-9-12(10-18)3-8-15(16)13-4-6-14(17)7-5-13/h3-9,11H,1-2H3. The highest BCUT2D eigenvalue weighted by atomic mass is 79.9. The number of hydrogen-bond acceptors (Lipinski definition) is 1. The van der Waals surface area contributed by atoms with Gasteiger partial charge in [-0.05, 0) is 46.9 Å². The Balaban J connectivity index is 2.57. The quantitative estimate of drug-likeness (QED) is 0.756. The number of benzene rings is 2. The normalized spacial score (nSPS) is 10.4. The number of halogens is 1. The third-order valence-electron chi connectivity index (χ3n) is 2.96. The van der Waals surface area contributed by atoms with Crippen LogP contribution >= 0.6 is 15.9 Å². The summed E-state index contributed by atoms with van der Waals surface area (Å²) in [6.07, 6.45) is 0. The van der Waals surface area contributed by atoms with Gasteiger partial charge in [0.25, 0.3) is 0 Å². The summed E-state index contributed by atoms with van der Waals surface area (Å²) in [6, 6.07) is 16.4. The van der Waals surface area contributed by atoms with Crippen LogP contribution in [0.1, 0.15) is 30.9 Å². The van der Waals surface area contributed by atoms with Crippen molar-refractivity contribution in [2.24, 2.45) is 0 Å². The van der Waals surface area contributed by atoms with E-state index in [1.54, 1.807) is 0 Å². The average molecular weight is 300 g/mol. The van der Waals surface area contributed by atoms with E-state index in [1.165, 1.54) is 16.7 Å². The van der Waals surface area contributed by atoms with Crippen molar-refractivity contribution in [3.05, 3.63) is 58.1 Å². The van der Waals surface area contributed by atoms with Crippen LogP contribution in [0, 0.1) is 11.3 Å². The second-order valence-corrected chi connectivity index (χ2v) is 5.49. The Morgan fingerprint density at radius 1 is 1.06 bits per heavy atom. The van der Waals surface area contributed by atoms with Crippen molar-refractivity contribution in [1.82, 2.24) is 0 Å². The summed E-state index contributed by atoms with van der Waals surface area (Å²) in [7, 11) is 0. The average Bonchev–Trinajstić information content (AvgIpc) is 2.39. The van der Waals surface area contributed by atoms with Gasteiger partial charge in [0.15, 0.2) is 0 Å². The van der Waals surface area contributed by atoms with Gasteiger partial charge in [-0.25, -0.2) is 0 Å². The first-order chi connectivity index (χ1) is 8.61. The lowest BCUT2D eigenvalue weighted by Crippen LogP contribution is -1.93. The molecule has 0 amide bonds. The van der Waals surface area contributed by atoms with Crippen LogP contribution in [0.25, 0.3) is 11.1 Å². The fraction of sp³-hybridized carbons (Fsp3) is 0.188. The molecule has 2 rings (SSSR count). The first kappa shape index (κ1) is 12.9. The van der Waals surface area contributed by atoms with E-state index in [-0.39, 0.29) is 0 Å². The van der Waals surface area contributed by atoms with Crippen LogP contribution in [-0.2, 0) is 0 Å². The Hall–Kier alpha value is -1.59. The molecule has 0 aliphatic heterocycles. The summed E-state index contributed by atoms with van der Waals surface area (Å²) < 4.78 is 1.07. The molecular weight excluding hydrogens is 286 g/mol. The van der Waals surface area contributed by atoms with Gasteiger partial charge in [-0.3, -0.25) is 0 Å². The highest BCUT2D eigenvalue weighted by molar-refractivity contribution is 9.10. The number of rotatable bonds is 2. The molecule has 0 aliphatic rings. The zero-order chi connectivity index (χ0) is 13.1. The molecular formula is C16H14BrN. The molecule has 0 atom stereocenters. The number of nitriles is 1. The van der Waals surface area contributed by atoms with Crippen LogP contribution in [0.3, 0.4) is 0 Å². The Morgan fingerprint density at radius 3 is 2.28 bits per heavy atom. The van der Waals surface area contributed by atoms with Crippen LogP contribution in [0.4, 0.5) is 0 Å². The minimum Gasteiger partial charge on any atom is -0.192 e. The van der Waals surface area contributed by atoms with Gasteiger partial charge in [0.05, 0.1) is 11.6 Å². The second-order valence-electron chi connectivity index (χ2n) is 4.58. The zero-order valence-corrected chi connectivity index (χ0v) is 12.0. The molecule has 0 bridgehead atoms. The molecule has 2 aromatic rings. The molecule has 0 saturated carbocycles. The zero-order valence-electron chi connectivity index (χ0n) is 10.4. The van der Waals surface area contributed by atoms with Gasteiger partial charge in [-0.1, -0.05) is 48.0 Å². The van der Waals surface area contributed by atoms with E-state index in [1.807, 2.05) is 30.3 Å². The van der Waals surface area contributed by atoms with E-state index in [2.05, 4.69) is 48.0 Å². The van der Waals surface area contributed by atoms with Crippen molar-refractivity contribution in [2.45, 2.75) is 19.8 Å². The van der Waals surface area contributed by atoms with Gasteiger partial charge in [-0.2, -0.15) is 5.26 Å². The minimum atomic E-state index is 0.400. The molecule has 0 fully saturated rings. The monoisotopic (exact) mass is 299 g/mol. The smallest absolute Gasteiger partial charge is 0.0991 e. The van der Waals surface area contributed by atoms with Crippen LogP contribution in [0.2, 0.25) is 0 Å². The molecule has 0 radical (unpaired) electrons. The Bertz CT molecular complexity index is 591. The van der Waals surface area contributed by atoms with E-state index >= 15 is 0 Å². The van der Waals surface area contributed by atoms with Crippen LogP contribution in [0.5, 0.6) is 0 Å². The minimum absolute atomic E-state index is 0.400. The highest BCUT2D eigenvalue weighted by Gasteiger charge is 2.09. The third-order valence-corrected chi connectivity index (χ3v) is 3.49. The largest absolute Gasteiger partial charge is 0.192 e. The fourth-order valence-electron chi connectivity index (χ4n) is 2.00. The number of nitrogens with zero attached hydrogens (tertiary/aromatic N) is 1. The van der Waals surface area contributed by atoms with Crippen molar-refractivity contribution in [3.63, 3.8) is 0 Å². The summed E-state index contributed by atoms with van der Waals surface area (Å²) in [4.78, 5) is 0. The van der Waals surface area contributed by atoms with Gasteiger partial charge in [0.2, 0.25) is 0 Å². The molecule has 2 aromatic carbocycles. The summed E-state index contributed by atoms with van der Waals surface area (Å²) in [5, 5.41) is 8.99. The van der Waals surface area contributed by atoms with E-state index in [4.69, 9.17) is 5.26 Å². The maximum Gasteiger partial charge on any atom is 0.0991 e. The lowest BCUT2D eigenvalue weighted by atomic mass is 9.91. The SMILES string of the molecule is CC(C)c1cc(C#N)ccc1-c1ccc(Br)cc1. The molecule has 2 heteroatoms. The van der Waals surface area contributed by atoms with E-state index < -0.39 is 0 Å². The molecule has 90 valence electrons. The molecule has 0 N–H and O–H groups in total. The molecule has 18 heavy (non-hydrogen) atoms. The summed E-state index contributed by atoms with van der Waals surface area (Å²) >= 11 is 3.45. The van der Waals surface area contributed by atoms with Crippen molar-refractivity contribution < 1.29 is 0 Å². The van der Waals surface area contributed by atoms with Gasteiger partial charge >= 0.3 is 0 Å². The Morgan fingerprint density at radius 2 is 1.72 bits per heavy atom. The van der Waals surface area contributed by atoms with Crippen molar-refractivity contribution in [1.29, 1.82) is 5.26 Å². The molecule has 0 aliphatic carbocycles. The first-order valence-electron chi connectivity index (χ1n) is 5.92. The maximum absolute atomic E-state index is 8.99. The molecule has 0 saturated heterocycles. The van der Waals surface area contributed by atoms with Gasteiger partial charge in [-0.15, -0.1) is 0 Å².